The predicted octanol–water partition coefficient (Wildman–Crippen LogP) is 7.61. The molecule has 0 heterocycles. The summed E-state index contributed by atoms with van der Waals surface area (Å²) < 4.78 is 141. The van der Waals surface area contributed by atoms with Crippen molar-refractivity contribution in [2.45, 2.75) is 51.9 Å². The molecular weight excluding hydrogens is 505 g/mol. The van der Waals surface area contributed by atoms with Crippen molar-refractivity contribution < 1.29 is 53.1 Å². The molecular formula is C21H21F11N2O. The zero-order valence-corrected chi connectivity index (χ0v) is 18.6. The fourth-order valence-electron chi connectivity index (χ4n) is 2.62. The van der Waals surface area contributed by atoms with Gasteiger partial charge in [0, 0.05) is 5.56 Å². The van der Waals surface area contributed by atoms with Crippen molar-refractivity contribution in [3.8, 4) is 0 Å². The molecule has 0 spiro atoms. The van der Waals surface area contributed by atoms with Crippen molar-refractivity contribution in [1.82, 2.24) is 0 Å². The SMILES string of the molecule is CC.Cc1cc(C(F)(C(F)(F)F)C(F)(F)F)cc(C(F)(F)F)c1NC=O.Cc1cccc(N)c1F. The molecule has 35 heavy (non-hydrogen) atoms. The van der Waals surface area contributed by atoms with E-state index in [1.165, 1.54) is 5.32 Å². The number of rotatable bonds is 3. The van der Waals surface area contributed by atoms with Gasteiger partial charge in [0.05, 0.1) is 16.9 Å². The first-order chi connectivity index (χ1) is 15.8. The second-order valence-corrected chi connectivity index (χ2v) is 6.61. The molecule has 2 rings (SSSR count). The van der Waals surface area contributed by atoms with Crippen LogP contribution in [0.1, 0.15) is 36.1 Å². The Morgan fingerprint density at radius 3 is 1.66 bits per heavy atom. The molecule has 198 valence electrons. The highest BCUT2D eigenvalue weighted by molar-refractivity contribution is 5.76. The minimum Gasteiger partial charge on any atom is -0.396 e. The van der Waals surface area contributed by atoms with Gasteiger partial charge in [-0.1, -0.05) is 32.0 Å². The molecule has 0 unspecified atom stereocenters. The zero-order chi connectivity index (χ0) is 28.0. The fourth-order valence-corrected chi connectivity index (χ4v) is 2.62. The summed E-state index contributed by atoms with van der Waals surface area (Å²) in [6, 6.07) is 4.28. The van der Waals surface area contributed by atoms with Gasteiger partial charge in [-0.3, -0.25) is 4.79 Å². The van der Waals surface area contributed by atoms with Gasteiger partial charge in [-0.25, -0.2) is 8.78 Å². The largest absolute Gasteiger partial charge is 0.435 e. The van der Waals surface area contributed by atoms with Crippen molar-refractivity contribution in [3.05, 3.63) is 58.4 Å². The van der Waals surface area contributed by atoms with Crippen LogP contribution in [0.2, 0.25) is 0 Å². The molecule has 3 N–H and O–H groups in total. The van der Waals surface area contributed by atoms with Crippen molar-refractivity contribution >= 4 is 17.8 Å². The number of benzene rings is 2. The highest BCUT2D eigenvalue weighted by Crippen LogP contribution is 2.54. The molecule has 0 saturated carbocycles. The molecule has 0 atom stereocenters. The smallest absolute Gasteiger partial charge is 0.396 e. The second kappa shape index (κ2) is 11.6. The van der Waals surface area contributed by atoms with E-state index in [-0.39, 0.29) is 24.0 Å². The molecule has 3 nitrogen and oxygen atoms in total. The summed E-state index contributed by atoms with van der Waals surface area (Å²) in [6.45, 7) is 6.38. The van der Waals surface area contributed by atoms with E-state index in [4.69, 9.17) is 5.73 Å². The average molecular weight is 526 g/mol. The van der Waals surface area contributed by atoms with Crippen molar-refractivity contribution in [1.29, 1.82) is 0 Å². The minimum atomic E-state index is -6.56. The molecule has 1 amide bonds. The molecule has 0 saturated heterocycles. The van der Waals surface area contributed by atoms with Crippen molar-refractivity contribution in [2.75, 3.05) is 11.1 Å². The normalized spacial score (nSPS) is 12.1. The van der Waals surface area contributed by atoms with E-state index < -0.39 is 52.6 Å². The Hall–Kier alpha value is -3.06. The van der Waals surface area contributed by atoms with Crippen LogP contribution < -0.4 is 11.1 Å². The van der Waals surface area contributed by atoms with Crippen LogP contribution in [0, 0.1) is 19.7 Å². The van der Waals surface area contributed by atoms with Gasteiger partial charge in [-0.2, -0.15) is 39.5 Å². The number of anilines is 2. The Labute approximate surface area is 193 Å². The van der Waals surface area contributed by atoms with Crippen molar-refractivity contribution in [3.63, 3.8) is 0 Å². The van der Waals surface area contributed by atoms with Gasteiger partial charge in [-0.15, -0.1) is 0 Å². The molecule has 0 aliphatic heterocycles. The number of aryl methyl sites for hydroxylation is 2. The number of halogens is 11. The molecule has 2 aromatic carbocycles. The van der Waals surface area contributed by atoms with E-state index in [0.717, 1.165) is 0 Å². The third-order valence-corrected chi connectivity index (χ3v) is 4.24. The topological polar surface area (TPSA) is 55.1 Å². The van der Waals surface area contributed by atoms with Gasteiger partial charge in [0.1, 0.15) is 5.82 Å². The lowest BCUT2D eigenvalue weighted by Crippen LogP contribution is -2.50. The van der Waals surface area contributed by atoms with Gasteiger partial charge in [-0.05, 0) is 37.1 Å². The lowest BCUT2D eigenvalue weighted by atomic mass is 9.90. The first-order valence-corrected chi connectivity index (χ1v) is 9.54. The summed E-state index contributed by atoms with van der Waals surface area (Å²) in [5.41, 5.74) is -6.19. The van der Waals surface area contributed by atoms with Crippen LogP contribution in [0.25, 0.3) is 0 Å². The summed E-state index contributed by atoms with van der Waals surface area (Å²) in [6.07, 6.45) is -18.8. The van der Waals surface area contributed by atoms with E-state index in [0.29, 0.717) is 12.5 Å². The molecule has 2 aromatic rings. The quantitative estimate of drug-likeness (QED) is 0.246. The van der Waals surface area contributed by atoms with Crippen LogP contribution >= 0.6 is 0 Å². The number of carbonyl (C=O) groups excluding carboxylic acids is 1. The average Bonchev–Trinajstić information content (AvgIpc) is 2.72. The van der Waals surface area contributed by atoms with Crippen LogP contribution in [-0.2, 0) is 16.6 Å². The second-order valence-electron chi connectivity index (χ2n) is 6.61. The van der Waals surface area contributed by atoms with E-state index in [2.05, 4.69) is 0 Å². The monoisotopic (exact) mass is 526 g/mol. The number of nitrogen functional groups attached to an aromatic ring is 1. The van der Waals surface area contributed by atoms with Gasteiger partial charge in [0.2, 0.25) is 6.41 Å². The number of hydrogen-bond acceptors (Lipinski definition) is 2. The zero-order valence-electron chi connectivity index (χ0n) is 18.6. The first kappa shape index (κ1) is 31.9. The fraction of sp³-hybridized carbons (Fsp3) is 0.381. The molecule has 0 aromatic heterocycles. The Morgan fingerprint density at radius 1 is 0.829 bits per heavy atom. The lowest BCUT2D eigenvalue weighted by molar-refractivity contribution is -0.348. The van der Waals surface area contributed by atoms with Gasteiger partial charge in [0.25, 0.3) is 0 Å². The standard InChI is InChI=1S/C12H7F10NO.C7H8FN.C2H6/c1-5-2-6(9(13,11(17,18)19)12(20,21)22)3-7(10(14,15)16)8(5)23-4-24;1-5-3-2-4-6(9)7(5)8;1-2/h2-4H,1H3,(H,23,24);2-4H,9H2,1H3;1-2H3. The van der Waals surface area contributed by atoms with Crippen LogP contribution in [0.5, 0.6) is 0 Å². The number of nitrogens with two attached hydrogens (primary N) is 1. The first-order valence-electron chi connectivity index (χ1n) is 9.54. The Balaban J connectivity index is 0.000000870. The number of alkyl halides is 10. The predicted molar refractivity (Wildman–Crippen MR) is 108 cm³/mol. The maximum Gasteiger partial charge on any atom is 0.435 e. The van der Waals surface area contributed by atoms with E-state index in [1.54, 1.807) is 25.1 Å². The number of hydrogen-bond donors (Lipinski definition) is 2. The van der Waals surface area contributed by atoms with Crippen LogP contribution in [0.15, 0.2) is 30.3 Å². The van der Waals surface area contributed by atoms with Gasteiger partial charge < -0.3 is 11.1 Å². The maximum atomic E-state index is 13.9. The number of amides is 1. The molecule has 0 fully saturated rings. The molecule has 0 bridgehead atoms. The lowest BCUT2D eigenvalue weighted by Gasteiger charge is -2.31. The third-order valence-electron chi connectivity index (χ3n) is 4.24. The molecule has 0 radical (unpaired) electrons. The maximum absolute atomic E-state index is 13.9. The minimum absolute atomic E-state index is 0.0535. The van der Waals surface area contributed by atoms with E-state index in [1.807, 2.05) is 13.8 Å². The molecule has 0 aliphatic carbocycles. The van der Waals surface area contributed by atoms with Gasteiger partial charge in [0.15, 0.2) is 0 Å². The summed E-state index contributed by atoms with van der Waals surface area (Å²) in [5, 5.41) is 1.52. The van der Waals surface area contributed by atoms with Crippen LogP contribution in [0.3, 0.4) is 0 Å². The van der Waals surface area contributed by atoms with Crippen LogP contribution in [0.4, 0.5) is 59.7 Å². The van der Waals surface area contributed by atoms with E-state index in [9.17, 15) is 53.1 Å². The third kappa shape index (κ3) is 7.21. The highest BCUT2D eigenvalue weighted by Gasteiger charge is 2.73. The van der Waals surface area contributed by atoms with Crippen molar-refractivity contribution in [2.24, 2.45) is 0 Å². The summed E-state index contributed by atoms with van der Waals surface area (Å²) in [4.78, 5) is 10.3. The summed E-state index contributed by atoms with van der Waals surface area (Å²) in [5.74, 6) is -0.308. The Morgan fingerprint density at radius 2 is 1.31 bits per heavy atom. The Bertz CT molecular complexity index is 962. The Kier molecular flexibility index (Phi) is 10.6. The highest BCUT2D eigenvalue weighted by atomic mass is 19.4. The van der Waals surface area contributed by atoms with Crippen LogP contribution in [-0.4, -0.2) is 18.8 Å². The summed E-state index contributed by atoms with van der Waals surface area (Å²) in [7, 11) is 0. The number of carbonyl (C=O) groups is 1. The summed E-state index contributed by atoms with van der Waals surface area (Å²) >= 11 is 0. The molecule has 14 heteroatoms. The van der Waals surface area contributed by atoms with Gasteiger partial charge >= 0.3 is 24.2 Å². The van der Waals surface area contributed by atoms with E-state index >= 15 is 0 Å². The molecule has 0 aliphatic rings. The number of nitrogens with one attached hydrogen (secondary N) is 1.